The largest absolute Gasteiger partial charge is 0.339 e. The normalized spacial score (nSPS) is 15.2. The summed E-state index contributed by atoms with van der Waals surface area (Å²) >= 11 is 0. The van der Waals surface area contributed by atoms with Crippen molar-refractivity contribution in [2.45, 2.75) is 32.6 Å². The van der Waals surface area contributed by atoms with Gasteiger partial charge in [0.25, 0.3) is 0 Å². The lowest BCUT2D eigenvalue weighted by atomic mass is 9.83. The van der Waals surface area contributed by atoms with Crippen LogP contribution >= 0.6 is 0 Å². The van der Waals surface area contributed by atoms with Crippen molar-refractivity contribution in [3.8, 4) is 0 Å². The summed E-state index contributed by atoms with van der Waals surface area (Å²) in [6, 6.07) is 17.8. The van der Waals surface area contributed by atoms with Gasteiger partial charge in [-0.15, -0.1) is 0 Å². The van der Waals surface area contributed by atoms with Gasteiger partial charge in [-0.2, -0.15) is 0 Å². The molecule has 2 amide bonds. The highest BCUT2D eigenvalue weighted by Crippen LogP contribution is 2.26. The van der Waals surface area contributed by atoms with Crippen LogP contribution in [0.4, 0.5) is 5.69 Å². The maximum atomic E-state index is 13.1. The van der Waals surface area contributed by atoms with Crippen LogP contribution in [0.2, 0.25) is 0 Å². The zero-order valence-electron chi connectivity index (χ0n) is 17.6. The fraction of sp³-hybridized carbons (Fsp3) is 0.417. The molecule has 1 aliphatic rings. The molecular weight excluding hydrogens is 362 g/mol. The number of nitrogens with one attached hydrogen (secondary N) is 1. The Labute approximate surface area is 173 Å². The molecular formula is C24H31N3O2. The molecule has 0 spiro atoms. The third-order valence-corrected chi connectivity index (χ3v) is 5.73. The lowest BCUT2D eigenvalue weighted by molar-refractivity contribution is -0.138. The average molecular weight is 394 g/mol. The number of carbonyl (C=O) groups excluding carboxylic acids is 2. The van der Waals surface area contributed by atoms with Crippen LogP contribution in [0.3, 0.4) is 0 Å². The van der Waals surface area contributed by atoms with Crippen molar-refractivity contribution in [2.24, 2.45) is 0 Å². The van der Waals surface area contributed by atoms with Gasteiger partial charge in [-0.3, -0.25) is 14.5 Å². The molecule has 2 aromatic rings. The molecule has 5 heteroatoms. The van der Waals surface area contributed by atoms with E-state index in [1.807, 2.05) is 73.3 Å². The Bertz CT molecular complexity index is 840. The molecule has 3 rings (SSSR count). The van der Waals surface area contributed by atoms with E-state index in [1.54, 1.807) is 0 Å². The summed E-state index contributed by atoms with van der Waals surface area (Å²) < 4.78 is 0. The van der Waals surface area contributed by atoms with Crippen LogP contribution in [-0.4, -0.2) is 54.3 Å². The van der Waals surface area contributed by atoms with Gasteiger partial charge < -0.3 is 10.2 Å². The van der Waals surface area contributed by atoms with Crippen LogP contribution in [0, 0.1) is 0 Å². The van der Waals surface area contributed by atoms with E-state index in [4.69, 9.17) is 0 Å². The Morgan fingerprint density at radius 2 is 1.55 bits per heavy atom. The molecule has 1 heterocycles. The van der Waals surface area contributed by atoms with Gasteiger partial charge in [0.15, 0.2) is 0 Å². The number of para-hydroxylation sites is 1. The molecule has 0 aliphatic carbocycles. The molecule has 0 unspecified atom stereocenters. The van der Waals surface area contributed by atoms with Crippen LogP contribution in [0.25, 0.3) is 0 Å². The van der Waals surface area contributed by atoms with Gasteiger partial charge >= 0.3 is 0 Å². The van der Waals surface area contributed by atoms with Crippen LogP contribution in [0.15, 0.2) is 54.6 Å². The number of benzene rings is 2. The Balaban J connectivity index is 1.52. The Kier molecular flexibility index (Phi) is 6.70. The van der Waals surface area contributed by atoms with E-state index >= 15 is 0 Å². The highest BCUT2D eigenvalue weighted by molar-refractivity contribution is 5.93. The van der Waals surface area contributed by atoms with Crippen LogP contribution in [-0.2, 0) is 21.4 Å². The minimum Gasteiger partial charge on any atom is -0.339 e. The summed E-state index contributed by atoms with van der Waals surface area (Å²) in [6.45, 7) is 9.10. The number of amides is 2. The van der Waals surface area contributed by atoms with Crippen molar-refractivity contribution in [3.63, 3.8) is 0 Å². The second-order valence-electron chi connectivity index (χ2n) is 8.12. The number of aryl methyl sites for hydroxylation is 1. The van der Waals surface area contributed by atoms with Crippen molar-refractivity contribution < 1.29 is 9.59 Å². The van der Waals surface area contributed by atoms with E-state index in [0.29, 0.717) is 32.7 Å². The Morgan fingerprint density at radius 1 is 0.931 bits per heavy atom. The van der Waals surface area contributed by atoms with Gasteiger partial charge in [0.1, 0.15) is 0 Å². The van der Waals surface area contributed by atoms with Gasteiger partial charge in [0, 0.05) is 31.9 Å². The first kappa shape index (κ1) is 21.1. The number of nitrogens with zero attached hydrogens (tertiary/aromatic N) is 2. The van der Waals surface area contributed by atoms with Gasteiger partial charge in [-0.05, 0) is 37.5 Å². The predicted molar refractivity (Wildman–Crippen MR) is 117 cm³/mol. The quantitative estimate of drug-likeness (QED) is 0.819. The third-order valence-electron chi connectivity index (χ3n) is 5.73. The molecule has 1 N–H and O–H groups in total. The molecule has 29 heavy (non-hydrogen) atoms. The first-order chi connectivity index (χ1) is 13.9. The molecule has 0 bridgehead atoms. The van der Waals surface area contributed by atoms with Crippen LogP contribution in [0.1, 0.15) is 31.9 Å². The van der Waals surface area contributed by atoms with Crippen molar-refractivity contribution in [1.29, 1.82) is 0 Å². The molecule has 5 nitrogen and oxygen atoms in total. The molecule has 0 atom stereocenters. The lowest BCUT2D eigenvalue weighted by Crippen LogP contribution is -2.54. The number of hydrogen-bond donors (Lipinski definition) is 1. The highest BCUT2D eigenvalue weighted by Gasteiger charge is 2.35. The molecule has 0 radical (unpaired) electrons. The SMILES string of the molecule is CCc1ccccc1NC(=O)CN1CCN(C(=O)C(C)(C)c2ccccc2)CC1. The highest BCUT2D eigenvalue weighted by atomic mass is 16.2. The first-order valence-corrected chi connectivity index (χ1v) is 10.4. The molecule has 0 saturated carbocycles. The van der Waals surface area contributed by atoms with E-state index < -0.39 is 5.41 Å². The smallest absolute Gasteiger partial charge is 0.238 e. The standard InChI is InChI=1S/C24H31N3O2/c1-4-19-10-8-9-13-21(19)25-22(28)18-26-14-16-27(17-15-26)23(29)24(2,3)20-11-6-5-7-12-20/h5-13H,4,14-18H2,1-3H3,(H,25,28). The second kappa shape index (κ2) is 9.23. The minimum absolute atomic E-state index is 0.00436. The number of carbonyl (C=O) groups is 2. The summed E-state index contributed by atoms with van der Waals surface area (Å²) in [7, 11) is 0. The van der Waals surface area contributed by atoms with Crippen molar-refractivity contribution >= 4 is 17.5 Å². The number of piperazine rings is 1. The number of anilines is 1. The third kappa shape index (κ3) is 5.04. The van der Waals surface area contributed by atoms with Crippen molar-refractivity contribution in [2.75, 3.05) is 38.0 Å². The zero-order chi connectivity index (χ0) is 20.9. The first-order valence-electron chi connectivity index (χ1n) is 10.4. The van der Waals surface area contributed by atoms with Gasteiger partial charge in [-0.1, -0.05) is 55.5 Å². The molecule has 1 fully saturated rings. The Hall–Kier alpha value is -2.66. The second-order valence-corrected chi connectivity index (χ2v) is 8.12. The number of hydrogen-bond acceptors (Lipinski definition) is 3. The lowest BCUT2D eigenvalue weighted by Gasteiger charge is -2.38. The van der Waals surface area contributed by atoms with E-state index in [2.05, 4.69) is 17.1 Å². The van der Waals surface area contributed by atoms with E-state index in [-0.39, 0.29) is 11.8 Å². The molecule has 154 valence electrons. The average Bonchev–Trinajstić information content (AvgIpc) is 2.74. The summed E-state index contributed by atoms with van der Waals surface area (Å²) in [6.07, 6.45) is 0.883. The monoisotopic (exact) mass is 393 g/mol. The van der Waals surface area contributed by atoms with Crippen molar-refractivity contribution in [1.82, 2.24) is 9.80 Å². The molecule has 0 aromatic heterocycles. The molecule has 1 saturated heterocycles. The van der Waals surface area contributed by atoms with E-state index in [0.717, 1.165) is 23.2 Å². The van der Waals surface area contributed by atoms with Gasteiger partial charge in [0.2, 0.25) is 11.8 Å². The molecule has 2 aromatic carbocycles. The maximum Gasteiger partial charge on any atom is 0.238 e. The van der Waals surface area contributed by atoms with Crippen molar-refractivity contribution in [3.05, 3.63) is 65.7 Å². The van der Waals surface area contributed by atoms with Gasteiger partial charge in [0.05, 0.1) is 12.0 Å². The predicted octanol–water partition coefficient (Wildman–Crippen LogP) is 3.31. The molecule has 1 aliphatic heterocycles. The maximum absolute atomic E-state index is 13.1. The van der Waals surface area contributed by atoms with E-state index in [1.165, 1.54) is 0 Å². The topological polar surface area (TPSA) is 52.7 Å². The zero-order valence-corrected chi connectivity index (χ0v) is 17.6. The summed E-state index contributed by atoms with van der Waals surface area (Å²) in [5.74, 6) is 0.139. The summed E-state index contributed by atoms with van der Waals surface area (Å²) in [5.41, 5.74) is 2.50. The van der Waals surface area contributed by atoms with Crippen LogP contribution in [0.5, 0.6) is 0 Å². The van der Waals surface area contributed by atoms with Crippen LogP contribution < -0.4 is 5.32 Å². The number of rotatable bonds is 6. The fourth-order valence-electron chi connectivity index (χ4n) is 3.83. The summed E-state index contributed by atoms with van der Waals surface area (Å²) in [5, 5.41) is 3.03. The fourth-order valence-corrected chi connectivity index (χ4v) is 3.83. The minimum atomic E-state index is -0.551. The summed E-state index contributed by atoms with van der Waals surface area (Å²) in [4.78, 5) is 29.6. The Morgan fingerprint density at radius 3 is 2.21 bits per heavy atom. The van der Waals surface area contributed by atoms with Gasteiger partial charge in [-0.25, -0.2) is 0 Å². The van der Waals surface area contributed by atoms with E-state index in [9.17, 15) is 9.59 Å².